The summed E-state index contributed by atoms with van der Waals surface area (Å²) < 4.78 is 11.9. The molecule has 166 valence electrons. The maximum absolute atomic E-state index is 13.5. The maximum atomic E-state index is 13.5. The van der Waals surface area contributed by atoms with Crippen molar-refractivity contribution < 1.29 is 18.7 Å². The summed E-state index contributed by atoms with van der Waals surface area (Å²) in [6.45, 7) is 3.87. The average Bonchev–Trinajstić information content (AvgIpc) is 3.10. The van der Waals surface area contributed by atoms with E-state index in [4.69, 9.17) is 20.8 Å². The number of fused-ring (bicyclic) bond motifs is 2. The number of furan rings is 1. The standard InChI is InChI=1S/C24H29ClN2O4/c1-16-22(18-7-3-4-8-21(18)31-16)24(29)27-12-6-5-11-26(2)23(28)19-15-17(25)9-10-20(19)30-14-13-27/h9-10,15H,3-8,11-14H2,1-2H3. The molecule has 0 N–H and O–H groups in total. The Morgan fingerprint density at radius 2 is 1.84 bits per heavy atom. The number of amides is 2. The van der Waals surface area contributed by atoms with Gasteiger partial charge in [-0.05, 0) is 57.2 Å². The average molecular weight is 445 g/mol. The van der Waals surface area contributed by atoms with Crippen LogP contribution >= 0.6 is 11.6 Å². The van der Waals surface area contributed by atoms with Crippen LogP contribution in [-0.4, -0.2) is 54.9 Å². The van der Waals surface area contributed by atoms with Gasteiger partial charge in [0.05, 0.1) is 17.7 Å². The number of carbonyl (C=O) groups is 2. The normalized spacial score (nSPS) is 17.8. The van der Waals surface area contributed by atoms with Gasteiger partial charge in [0.25, 0.3) is 11.8 Å². The Hall–Kier alpha value is -2.47. The Bertz CT molecular complexity index is 984. The number of halogens is 1. The topological polar surface area (TPSA) is 63.0 Å². The third-order valence-corrected chi connectivity index (χ3v) is 6.39. The molecule has 1 aromatic carbocycles. The van der Waals surface area contributed by atoms with Crippen LogP contribution < -0.4 is 4.74 Å². The summed E-state index contributed by atoms with van der Waals surface area (Å²) in [5.41, 5.74) is 2.28. The molecule has 31 heavy (non-hydrogen) atoms. The number of rotatable bonds is 1. The Labute approximate surface area is 188 Å². The highest BCUT2D eigenvalue weighted by Gasteiger charge is 2.28. The highest BCUT2D eigenvalue weighted by atomic mass is 35.5. The van der Waals surface area contributed by atoms with E-state index >= 15 is 0 Å². The molecular formula is C24H29ClN2O4. The lowest BCUT2D eigenvalue weighted by Gasteiger charge is -2.26. The predicted octanol–water partition coefficient (Wildman–Crippen LogP) is 4.51. The molecule has 0 saturated carbocycles. The summed E-state index contributed by atoms with van der Waals surface area (Å²) in [4.78, 5) is 29.9. The lowest BCUT2D eigenvalue weighted by atomic mass is 9.94. The number of hydrogen-bond donors (Lipinski definition) is 0. The molecule has 1 aromatic heterocycles. The molecule has 2 amide bonds. The quantitative estimate of drug-likeness (QED) is 0.649. The number of ether oxygens (including phenoxy) is 1. The Balaban J connectivity index is 1.57. The molecule has 2 aliphatic rings. The van der Waals surface area contributed by atoms with Gasteiger partial charge in [0.1, 0.15) is 23.9 Å². The van der Waals surface area contributed by atoms with Gasteiger partial charge in [-0.2, -0.15) is 0 Å². The van der Waals surface area contributed by atoms with Gasteiger partial charge in [-0.3, -0.25) is 9.59 Å². The van der Waals surface area contributed by atoms with Gasteiger partial charge in [0, 0.05) is 37.1 Å². The van der Waals surface area contributed by atoms with Crippen LogP contribution in [0.15, 0.2) is 22.6 Å². The van der Waals surface area contributed by atoms with Crippen molar-refractivity contribution in [3.05, 3.63) is 51.4 Å². The summed E-state index contributed by atoms with van der Waals surface area (Å²) in [6, 6.07) is 5.08. The zero-order chi connectivity index (χ0) is 22.0. The fourth-order valence-electron chi connectivity index (χ4n) is 4.48. The lowest BCUT2D eigenvalue weighted by Crippen LogP contribution is -2.37. The molecule has 0 saturated heterocycles. The molecule has 1 aliphatic heterocycles. The Morgan fingerprint density at radius 1 is 1.06 bits per heavy atom. The van der Waals surface area contributed by atoms with E-state index in [-0.39, 0.29) is 11.8 Å². The molecule has 2 aromatic rings. The van der Waals surface area contributed by atoms with Crippen LogP contribution in [0.1, 0.15) is 63.5 Å². The highest BCUT2D eigenvalue weighted by Crippen LogP contribution is 2.31. The highest BCUT2D eigenvalue weighted by molar-refractivity contribution is 6.31. The van der Waals surface area contributed by atoms with Crippen molar-refractivity contribution in [3.63, 3.8) is 0 Å². The molecule has 0 fully saturated rings. The zero-order valence-electron chi connectivity index (χ0n) is 18.2. The SMILES string of the molecule is Cc1oc2c(c1C(=O)N1CCCCN(C)C(=O)c3cc(Cl)ccc3OCC1)CCCC2. The molecule has 1 aliphatic carbocycles. The molecule has 6 nitrogen and oxygen atoms in total. The van der Waals surface area contributed by atoms with Crippen molar-refractivity contribution in [2.75, 3.05) is 33.3 Å². The zero-order valence-corrected chi connectivity index (χ0v) is 19.0. The van der Waals surface area contributed by atoms with Gasteiger partial charge in [-0.1, -0.05) is 11.6 Å². The summed E-state index contributed by atoms with van der Waals surface area (Å²) in [7, 11) is 1.78. The molecular weight excluding hydrogens is 416 g/mol. The van der Waals surface area contributed by atoms with Crippen LogP contribution in [0.2, 0.25) is 5.02 Å². The molecule has 0 atom stereocenters. The van der Waals surface area contributed by atoms with Crippen LogP contribution in [0, 0.1) is 6.92 Å². The lowest BCUT2D eigenvalue weighted by molar-refractivity contribution is 0.0701. The van der Waals surface area contributed by atoms with Crippen molar-refractivity contribution in [1.82, 2.24) is 9.80 Å². The van der Waals surface area contributed by atoms with E-state index in [0.29, 0.717) is 48.3 Å². The number of nitrogens with zero attached hydrogens (tertiary/aromatic N) is 2. The fraction of sp³-hybridized carbons (Fsp3) is 0.500. The van der Waals surface area contributed by atoms with E-state index in [1.54, 1.807) is 30.1 Å². The summed E-state index contributed by atoms with van der Waals surface area (Å²) in [5, 5.41) is 0.494. The molecule has 0 bridgehead atoms. The van der Waals surface area contributed by atoms with Gasteiger partial charge in [-0.15, -0.1) is 0 Å². The van der Waals surface area contributed by atoms with Crippen molar-refractivity contribution in [2.45, 2.75) is 45.4 Å². The van der Waals surface area contributed by atoms with E-state index < -0.39 is 0 Å². The third-order valence-electron chi connectivity index (χ3n) is 6.16. The van der Waals surface area contributed by atoms with Crippen LogP contribution in [0.3, 0.4) is 0 Å². The van der Waals surface area contributed by atoms with Crippen molar-refractivity contribution in [1.29, 1.82) is 0 Å². The van der Waals surface area contributed by atoms with E-state index in [9.17, 15) is 9.59 Å². The number of benzene rings is 1. The second-order valence-electron chi connectivity index (χ2n) is 8.36. The summed E-state index contributed by atoms with van der Waals surface area (Å²) in [6.07, 6.45) is 5.64. The van der Waals surface area contributed by atoms with Gasteiger partial charge < -0.3 is 19.0 Å². The Morgan fingerprint density at radius 3 is 2.68 bits per heavy atom. The second-order valence-corrected chi connectivity index (χ2v) is 8.79. The Kier molecular flexibility index (Phi) is 6.56. The summed E-state index contributed by atoms with van der Waals surface area (Å²) in [5.74, 6) is 2.10. The number of aryl methyl sites for hydroxylation is 2. The van der Waals surface area contributed by atoms with E-state index in [1.165, 1.54) is 0 Å². The van der Waals surface area contributed by atoms with E-state index in [1.807, 2.05) is 11.8 Å². The second kappa shape index (κ2) is 9.35. The van der Waals surface area contributed by atoms with Gasteiger partial charge in [-0.25, -0.2) is 0 Å². The molecule has 7 heteroatoms. The van der Waals surface area contributed by atoms with Crippen molar-refractivity contribution >= 4 is 23.4 Å². The summed E-state index contributed by atoms with van der Waals surface area (Å²) >= 11 is 6.12. The van der Waals surface area contributed by atoms with Crippen molar-refractivity contribution in [2.24, 2.45) is 0 Å². The van der Waals surface area contributed by atoms with Crippen molar-refractivity contribution in [3.8, 4) is 5.75 Å². The first kappa shape index (κ1) is 21.8. The minimum absolute atomic E-state index is 0.0193. The van der Waals surface area contributed by atoms with E-state index in [0.717, 1.165) is 55.4 Å². The molecule has 4 rings (SSSR count). The first-order valence-electron chi connectivity index (χ1n) is 11.0. The molecule has 0 spiro atoms. The molecule has 2 heterocycles. The number of carbonyl (C=O) groups excluding carboxylic acids is 2. The van der Waals surface area contributed by atoms with Gasteiger partial charge >= 0.3 is 0 Å². The van der Waals surface area contributed by atoms with Crippen LogP contribution in [0.25, 0.3) is 0 Å². The van der Waals surface area contributed by atoms with Crippen LogP contribution in [0.5, 0.6) is 5.75 Å². The smallest absolute Gasteiger partial charge is 0.257 e. The minimum atomic E-state index is -0.105. The predicted molar refractivity (Wildman–Crippen MR) is 119 cm³/mol. The van der Waals surface area contributed by atoms with Gasteiger partial charge in [0.15, 0.2) is 0 Å². The minimum Gasteiger partial charge on any atom is -0.491 e. The molecule has 0 unspecified atom stereocenters. The number of hydrogen-bond acceptors (Lipinski definition) is 4. The van der Waals surface area contributed by atoms with Gasteiger partial charge in [0.2, 0.25) is 0 Å². The van der Waals surface area contributed by atoms with Crippen LogP contribution in [-0.2, 0) is 12.8 Å². The largest absolute Gasteiger partial charge is 0.491 e. The first-order valence-corrected chi connectivity index (χ1v) is 11.4. The monoisotopic (exact) mass is 444 g/mol. The third kappa shape index (κ3) is 4.59. The maximum Gasteiger partial charge on any atom is 0.257 e. The fourth-order valence-corrected chi connectivity index (χ4v) is 4.65. The molecule has 0 radical (unpaired) electrons. The van der Waals surface area contributed by atoms with Crippen LogP contribution in [0.4, 0.5) is 0 Å². The van der Waals surface area contributed by atoms with E-state index in [2.05, 4.69) is 0 Å². The first-order chi connectivity index (χ1) is 15.0.